The number of hydrogen-bond acceptors (Lipinski definition) is 1. The normalized spacial score (nSPS) is 20.6. The zero-order valence-corrected chi connectivity index (χ0v) is 13.0. The largest absolute Gasteiger partial charge is 0.454 e. The van der Waals surface area contributed by atoms with Crippen molar-refractivity contribution in [3.63, 3.8) is 0 Å². The first-order valence-corrected chi connectivity index (χ1v) is 7.34. The van der Waals surface area contributed by atoms with Crippen molar-refractivity contribution in [2.45, 2.75) is 17.8 Å². The summed E-state index contributed by atoms with van der Waals surface area (Å²) in [6.07, 6.45) is 0. The third-order valence-corrected chi connectivity index (χ3v) is 4.14. The summed E-state index contributed by atoms with van der Waals surface area (Å²) in [4.78, 5) is 0. The minimum Gasteiger partial charge on any atom is -0.454 e. The number of allylic oxidation sites excluding steroid dienone is 2. The third-order valence-electron chi connectivity index (χ3n) is 3.73. The Morgan fingerprint density at radius 1 is 0.680 bits per heavy atom. The monoisotopic (exact) mass is 378 g/mol. The fourth-order valence-corrected chi connectivity index (χ4v) is 2.61. The molecule has 0 N–H and O–H groups in total. The molecule has 0 spiro atoms. The Labute approximate surface area is 143 Å². The molecule has 2 aromatic carbocycles. The second-order valence-corrected chi connectivity index (χ2v) is 5.74. The number of benzene rings is 2. The molecule has 0 bridgehead atoms. The second kappa shape index (κ2) is 5.69. The Bertz CT molecular complexity index is 815. The zero-order chi connectivity index (χ0) is 18.5. The van der Waals surface area contributed by atoms with Crippen LogP contribution in [0.5, 0.6) is 5.75 Å². The molecular formula is C17H9ClF6O. The first kappa shape index (κ1) is 17.7. The predicted molar refractivity (Wildman–Crippen MR) is 80.2 cm³/mol. The first-order chi connectivity index (χ1) is 11.6. The van der Waals surface area contributed by atoms with Crippen molar-refractivity contribution in [1.82, 2.24) is 0 Å². The number of hydrogen-bond donors (Lipinski definition) is 0. The predicted octanol–water partition coefficient (Wildman–Crippen LogP) is 6.10. The fourth-order valence-electron chi connectivity index (χ4n) is 2.33. The van der Waals surface area contributed by atoms with Crippen LogP contribution in [0.1, 0.15) is 0 Å². The van der Waals surface area contributed by atoms with Crippen LogP contribution in [0.3, 0.4) is 0 Å². The highest BCUT2D eigenvalue weighted by molar-refractivity contribution is 6.31. The van der Waals surface area contributed by atoms with Crippen LogP contribution in [0.15, 0.2) is 65.4 Å². The molecule has 0 saturated heterocycles. The Kier molecular flexibility index (Phi) is 4.02. The summed E-state index contributed by atoms with van der Waals surface area (Å²) in [7, 11) is 0. The van der Waals surface area contributed by atoms with Gasteiger partial charge in [-0.15, -0.1) is 0 Å². The van der Waals surface area contributed by atoms with Crippen LogP contribution < -0.4 is 4.74 Å². The van der Waals surface area contributed by atoms with E-state index in [1.807, 2.05) is 0 Å². The lowest BCUT2D eigenvalue weighted by Crippen LogP contribution is -2.49. The fraction of sp³-hybridized carbons (Fsp3) is 0.176. The van der Waals surface area contributed by atoms with E-state index < -0.39 is 28.6 Å². The molecule has 1 aliphatic rings. The number of rotatable bonds is 3. The maximum atomic E-state index is 13.7. The summed E-state index contributed by atoms with van der Waals surface area (Å²) in [5, 5.41) is -2.00. The van der Waals surface area contributed by atoms with Gasteiger partial charge in [-0.3, -0.25) is 0 Å². The molecule has 1 nitrogen and oxygen atoms in total. The van der Waals surface area contributed by atoms with Crippen LogP contribution >= 0.6 is 11.6 Å². The topological polar surface area (TPSA) is 9.23 Å². The summed E-state index contributed by atoms with van der Waals surface area (Å²) >= 11 is 5.06. The van der Waals surface area contributed by atoms with Gasteiger partial charge in [0.25, 0.3) is 0 Å². The van der Waals surface area contributed by atoms with Crippen LogP contribution in [0, 0.1) is 0 Å². The number of ether oxygens (including phenoxy) is 1. The molecule has 0 aromatic heterocycles. The molecule has 0 fully saturated rings. The third kappa shape index (κ3) is 2.57. The summed E-state index contributed by atoms with van der Waals surface area (Å²) in [5.41, 5.74) is 1.51. The van der Waals surface area contributed by atoms with E-state index in [0.29, 0.717) is 5.56 Å². The molecule has 0 heterocycles. The summed E-state index contributed by atoms with van der Waals surface area (Å²) < 4.78 is 85.2. The van der Waals surface area contributed by atoms with Gasteiger partial charge in [-0.2, -0.15) is 26.3 Å². The maximum Gasteiger partial charge on any atom is 0.384 e. The minimum atomic E-state index is -5.67. The van der Waals surface area contributed by atoms with Crippen molar-refractivity contribution < 1.29 is 31.1 Å². The van der Waals surface area contributed by atoms with Crippen LogP contribution in [0.25, 0.3) is 11.1 Å². The Morgan fingerprint density at radius 3 is 1.68 bits per heavy atom. The molecular weight excluding hydrogens is 370 g/mol. The van der Waals surface area contributed by atoms with Gasteiger partial charge in [-0.25, -0.2) is 0 Å². The van der Waals surface area contributed by atoms with Crippen molar-refractivity contribution in [2.75, 3.05) is 0 Å². The van der Waals surface area contributed by atoms with E-state index >= 15 is 0 Å². The highest BCUT2D eigenvalue weighted by Crippen LogP contribution is 2.60. The van der Waals surface area contributed by atoms with Gasteiger partial charge in [0.05, 0.1) is 0 Å². The van der Waals surface area contributed by atoms with Crippen molar-refractivity contribution in [3.05, 3.63) is 65.4 Å². The summed E-state index contributed by atoms with van der Waals surface area (Å²) in [6, 6.07) is 14.3. The van der Waals surface area contributed by atoms with Gasteiger partial charge < -0.3 is 4.74 Å². The standard InChI is InChI=1S/C17H9ClF6O/c18-13-14(16(21,22)17(23,24)15(13,19)20)25-12-8-6-11(7-9-12)10-4-2-1-3-5-10/h1-9H. The van der Waals surface area contributed by atoms with Gasteiger partial charge in [0.2, 0.25) is 5.76 Å². The molecule has 1 aliphatic carbocycles. The van der Waals surface area contributed by atoms with E-state index in [0.717, 1.165) is 5.56 Å². The molecule has 25 heavy (non-hydrogen) atoms. The van der Waals surface area contributed by atoms with Crippen LogP contribution in [0.4, 0.5) is 26.3 Å². The lowest BCUT2D eigenvalue weighted by Gasteiger charge is -2.24. The van der Waals surface area contributed by atoms with E-state index in [1.165, 1.54) is 24.3 Å². The Morgan fingerprint density at radius 2 is 1.20 bits per heavy atom. The van der Waals surface area contributed by atoms with Crippen LogP contribution in [-0.2, 0) is 0 Å². The lowest BCUT2D eigenvalue weighted by atomic mass is 10.1. The van der Waals surface area contributed by atoms with E-state index in [2.05, 4.69) is 4.74 Å². The quantitative estimate of drug-likeness (QED) is 0.586. The number of alkyl halides is 6. The second-order valence-electron chi connectivity index (χ2n) is 5.36. The molecule has 0 amide bonds. The molecule has 2 aromatic rings. The Balaban J connectivity index is 1.91. The molecule has 132 valence electrons. The van der Waals surface area contributed by atoms with Crippen LogP contribution in [-0.4, -0.2) is 17.8 Å². The number of halogens is 7. The zero-order valence-electron chi connectivity index (χ0n) is 12.3. The van der Waals surface area contributed by atoms with Crippen molar-refractivity contribution >= 4 is 11.6 Å². The van der Waals surface area contributed by atoms with E-state index in [4.69, 9.17) is 11.6 Å². The molecule has 0 unspecified atom stereocenters. The molecule has 0 aliphatic heterocycles. The average molecular weight is 379 g/mol. The van der Waals surface area contributed by atoms with Gasteiger partial charge >= 0.3 is 17.8 Å². The summed E-state index contributed by atoms with van der Waals surface area (Å²) in [6.45, 7) is 0. The maximum absolute atomic E-state index is 13.7. The molecule has 8 heteroatoms. The highest BCUT2D eigenvalue weighted by atomic mass is 35.5. The lowest BCUT2D eigenvalue weighted by molar-refractivity contribution is -0.268. The minimum absolute atomic E-state index is 0.319. The van der Waals surface area contributed by atoms with Gasteiger partial charge in [-0.05, 0) is 23.3 Å². The van der Waals surface area contributed by atoms with Crippen molar-refractivity contribution in [3.8, 4) is 16.9 Å². The Hall–Kier alpha value is -2.15. The van der Waals surface area contributed by atoms with E-state index in [-0.39, 0.29) is 5.75 Å². The molecule has 0 atom stereocenters. The smallest absolute Gasteiger partial charge is 0.384 e. The van der Waals surface area contributed by atoms with E-state index in [1.54, 1.807) is 30.3 Å². The summed E-state index contributed by atoms with van der Waals surface area (Å²) in [5.74, 6) is -18.4. The van der Waals surface area contributed by atoms with Gasteiger partial charge in [0.1, 0.15) is 10.8 Å². The van der Waals surface area contributed by atoms with Crippen molar-refractivity contribution in [2.24, 2.45) is 0 Å². The molecule has 0 radical (unpaired) electrons. The van der Waals surface area contributed by atoms with E-state index in [9.17, 15) is 26.3 Å². The van der Waals surface area contributed by atoms with Crippen molar-refractivity contribution in [1.29, 1.82) is 0 Å². The van der Waals surface area contributed by atoms with Gasteiger partial charge in [-0.1, -0.05) is 54.1 Å². The molecule has 3 rings (SSSR count). The first-order valence-electron chi connectivity index (χ1n) is 6.96. The van der Waals surface area contributed by atoms with Gasteiger partial charge in [0.15, 0.2) is 0 Å². The molecule has 0 saturated carbocycles. The average Bonchev–Trinajstić information content (AvgIpc) is 2.67. The van der Waals surface area contributed by atoms with Crippen LogP contribution in [0.2, 0.25) is 0 Å². The SMILES string of the molecule is FC1(F)C(Cl)=C(Oc2ccc(-c3ccccc3)cc2)C(F)(F)C1(F)F. The highest BCUT2D eigenvalue weighted by Gasteiger charge is 2.81. The van der Waals surface area contributed by atoms with Gasteiger partial charge in [0, 0.05) is 0 Å².